The second-order valence-corrected chi connectivity index (χ2v) is 3.98. The Bertz CT molecular complexity index is 204. The zero-order chi connectivity index (χ0) is 7.84. The summed E-state index contributed by atoms with van der Waals surface area (Å²) >= 11 is 0. The van der Waals surface area contributed by atoms with E-state index >= 15 is 0 Å². The Balaban J connectivity index is 2.21. The van der Waals surface area contributed by atoms with E-state index in [4.69, 9.17) is 4.74 Å². The van der Waals surface area contributed by atoms with Gasteiger partial charge in [0, 0.05) is 12.1 Å². The lowest BCUT2D eigenvalue weighted by Crippen LogP contribution is -2.44. The summed E-state index contributed by atoms with van der Waals surface area (Å²) in [6, 6.07) is 0.268. The van der Waals surface area contributed by atoms with E-state index in [0.717, 1.165) is 12.8 Å². The summed E-state index contributed by atoms with van der Waals surface area (Å²) in [6.07, 6.45) is 1.93. The van der Waals surface area contributed by atoms with Crippen LogP contribution in [-0.2, 0) is 15.6 Å². The first kappa shape index (κ1) is 7.52. The minimum absolute atomic E-state index is 0.134. The molecule has 5 heteroatoms. The Morgan fingerprint density at radius 2 is 1.73 bits per heavy atom. The lowest BCUT2D eigenvalue weighted by atomic mass is 10.2. The van der Waals surface area contributed by atoms with E-state index < -0.39 is 10.9 Å². The summed E-state index contributed by atoms with van der Waals surface area (Å²) < 4.78 is 28.3. The number of thiol groups is 1. The van der Waals surface area contributed by atoms with Crippen molar-refractivity contribution in [1.29, 1.82) is 0 Å². The van der Waals surface area contributed by atoms with Crippen molar-refractivity contribution in [3.63, 3.8) is 0 Å². The molecule has 2 fully saturated rings. The van der Waals surface area contributed by atoms with Gasteiger partial charge < -0.3 is 4.74 Å². The van der Waals surface area contributed by atoms with Crippen LogP contribution in [0.3, 0.4) is 0 Å². The molecule has 0 aromatic heterocycles. The summed E-state index contributed by atoms with van der Waals surface area (Å²) in [6.45, 7) is 1.17. The second kappa shape index (κ2) is 2.73. The van der Waals surface area contributed by atoms with Crippen molar-refractivity contribution in [3.05, 3.63) is 0 Å². The van der Waals surface area contributed by atoms with Crippen molar-refractivity contribution in [3.8, 4) is 0 Å². The molecule has 2 rings (SSSR count). The van der Waals surface area contributed by atoms with E-state index in [0.29, 0.717) is 13.2 Å². The monoisotopic (exact) mass is 177 g/mol. The van der Waals surface area contributed by atoms with Crippen LogP contribution in [-0.4, -0.2) is 38.0 Å². The molecule has 0 aromatic carbocycles. The average molecular weight is 177 g/mol. The van der Waals surface area contributed by atoms with Crippen LogP contribution in [0.15, 0.2) is 0 Å². The average Bonchev–Trinajstić information content (AvgIpc) is 2.23. The molecule has 2 aliphatic heterocycles. The molecule has 11 heavy (non-hydrogen) atoms. The van der Waals surface area contributed by atoms with E-state index in [-0.39, 0.29) is 12.1 Å². The Morgan fingerprint density at radius 3 is 2.09 bits per heavy atom. The fourth-order valence-corrected chi connectivity index (χ4v) is 2.77. The molecule has 0 radical (unpaired) electrons. The van der Waals surface area contributed by atoms with Crippen molar-refractivity contribution in [2.24, 2.45) is 0 Å². The third-order valence-corrected chi connectivity index (χ3v) is 3.42. The molecule has 0 spiro atoms. The van der Waals surface area contributed by atoms with Gasteiger partial charge in [-0.05, 0) is 12.8 Å². The van der Waals surface area contributed by atoms with Crippen LogP contribution in [0, 0.1) is 0 Å². The zero-order valence-electron chi connectivity index (χ0n) is 6.10. The molecule has 0 aromatic rings. The van der Waals surface area contributed by atoms with Crippen LogP contribution in [0.4, 0.5) is 0 Å². The Morgan fingerprint density at radius 1 is 1.18 bits per heavy atom. The van der Waals surface area contributed by atoms with E-state index in [2.05, 4.69) is 0 Å². The van der Waals surface area contributed by atoms with Crippen molar-refractivity contribution in [1.82, 2.24) is 4.31 Å². The third-order valence-electron chi connectivity index (χ3n) is 2.39. The van der Waals surface area contributed by atoms with Gasteiger partial charge in [-0.2, -0.15) is 4.31 Å². The Kier molecular flexibility index (Phi) is 1.86. The van der Waals surface area contributed by atoms with Gasteiger partial charge in [0.1, 0.15) is 0 Å². The largest absolute Gasteiger partial charge is 0.378 e. The molecule has 0 aliphatic carbocycles. The van der Waals surface area contributed by atoms with Gasteiger partial charge in [0.15, 0.2) is 0 Å². The SMILES string of the molecule is O=[SH](=O)N1C2CCC1COC2. The van der Waals surface area contributed by atoms with Crippen LogP contribution in [0.25, 0.3) is 0 Å². The molecule has 0 N–H and O–H groups in total. The van der Waals surface area contributed by atoms with E-state index in [9.17, 15) is 8.42 Å². The summed E-state index contributed by atoms with van der Waals surface area (Å²) in [4.78, 5) is 0. The maximum absolute atomic E-state index is 10.7. The number of nitrogens with zero attached hydrogens (tertiary/aromatic N) is 1. The summed E-state index contributed by atoms with van der Waals surface area (Å²) in [5.41, 5.74) is 0. The van der Waals surface area contributed by atoms with Gasteiger partial charge in [-0.15, -0.1) is 0 Å². The zero-order valence-corrected chi connectivity index (χ0v) is 7.00. The van der Waals surface area contributed by atoms with Crippen molar-refractivity contribution >= 4 is 10.9 Å². The number of hydrogen-bond acceptors (Lipinski definition) is 3. The van der Waals surface area contributed by atoms with Gasteiger partial charge in [-0.3, -0.25) is 0 Å². The van der Waals surface area contributed by atoms with E-state index in [1.807, 2.05) is 0 Å². The molecule has 0 saturated carbocycles. The smallest absolute Gasteiger partial charge is 0.204 e. The number of hydrogen-bond donors (Lipinski definition) is 1. The van der Waals surface area contributed by atoms with Crippen molar-refractivity contribution < 1.29 is 13.2 Å². The fraction of sp³-hybridized carbons (Fsp3) is 1.00. The summed E-state index contributed by atoms with van der Waals surface area (Å²) in [5.74, 6) is 0. The first-order chi connectivity index (χ1) is 5.29. The molecule has 2 atom stereocenters. The van der Waals surface area contributed by atoms with Gasteiger partial charge in [0.2, 0.25) is 10.9 Å². The molecular weight excluding hydrogens is 166 g/mol. The lowest BCUT2D eigenvalue weighted by Gasteiger charge is -2.28. The third kappa shape index (κ3) is 1.17. The van der Waals surface area contributed by atoms with Crippen LogP contribution in [0.1, 0.15) is 12.8 Å². The lowest BCUT2D eigenvalue weighted by molar-refractivity contribution is 0.0286. The topological polar surface area (TPSA) is 46.6 Å². The maximum Gasteiger partial charge on any atom is 0.204 e. The Hall–Kier alpha value is -0.130. The predicted octanol–water partition coefficient (Wildman–Crippen LogP) is -0.624. The molecule has 0 amide bonds. The van der Waals surface area contributed by atoms with Crippen LogP contribution in [0.2, 0.25) is 0 Å². The molecule has 2 aliphatic rings. The molecule has 64 valence electrons. The first-order valence-electron chi connectivity index (χ1n) is 3.79. The van der Waals surface area contributed by atoms with Crippen molar-refractivity contribution in [2.45, 2.75) is 24.9 Å². The standard InChI is InChI=1S/C6H11NO3S/c8-11(9)7-5-1-2-6(7)4-10-3-5/h5-6,11H,1-4H2. The number of rotatable bonds is 1. The minimum Gasteiger partial charge on any atom is -0.378 e. The number of ether oxygens (including phenoxy) is 1. The van der Waals surface area contributed by atoms with Crippen molar-refractivity contribution in [2.75, 3.05) is 13.2 Å². The van der Waals surface area contributed by atoms with Gasteiger partial charge >= 0.3 is 0 Å². The van der Waals surface area contributed by atoms with Gasteiger partial charge in [0.25, 0.3) is 0 Å². The summed E-state index contributed by atoms with van der Waals surface area (Å²) in [5, 5.41) is 0. The van der Waals surface area contributed by atoms with Crippen LogP contribution < -0.4 is 0 Å². The summed E-state index contributed by atoms with van der Waals surface area (Å²) in [7, 11) is -2.38. The number of fused-ring (bicyclic) bond motifs is 2. The first-order valence-corrected chi connectivity index (χ1v) is 4.92. The molecule has 2 bridgehead atoms. The minimum atomic E-state index is -2.38. The highest BCUT2D eigenvalue weighted by Crippen LogP contribution is 2.28. The van der Waals surface area contributed by atoms with Crippen LogP contribution in [0.5, 0.6) is 0 Å². The molecule has 2 saturated heterocycles. The van der Waals surface area contributed by atoms with Crippen LogP contribution >= 0.6 is 0 Å². The fourth-order valence-electron chi connectivity index (χ4n) is 1.87. The maximum atomic E-state index is 10.7. The Labute approximate surface area is 67.2 Å². The molecule has 2 heterocycles. The highest BCUT2D eigenvalue weighted by Gasteiger charge is 2.38. The normalized spacial score (nSPS) is 38.3. The quantitative estimate of drug-likeness (QED) is 0.543. The van der Waals surface area contributed by atoms with E-state index in [1.165, 1.54) is 0 Å². The van der Waals surface area contributed by atoms with Gasteiger partial charge in [-0.25, -0.2) is 8.42 Å². The molecule has 2 unspecified atom stereocenters. The molecular formula is C6H11NO3S. The van der Waals surface area contributed by atoms with Gasteiger partial charge in [0.05, 0.1) is 13.2 Å². The number of morpholine rings is 1. The van der Waals surface area contributed by atoms with E-state index in [1.54, 1.807) is 4.31 Å². The second-order valence-electron chi connectivity index (χ2n) is 3.04. The highest BCUT2D eigenvalue weighted by atomic mass is 32.2. The van der Waals surface area contributed by atoms with Gasteiger partial charge in [-0.1, -0.05) is 0 Å². The highest BCUT2D eigenvalue weighted by molar-refractivity contribution is 7.69. The predicted molar refractivity (Wildman–Crippen MR) is 39.8 cm³/mol. The molecule has 4 nitrogen and oxygen atoms in total.